The van der Waals surface area contributed by atoms with E-state index in [1.54, 1.807) is 0 Å². The van der Waals surface area contributed by atoms with E-state index in [-0.39, 0.29) is 32.2 Å². The molecule has 0 rings (SSSR count). The molecule has 59 heavy (non-hydrogen) atoms. The van der Waals surface area contributed by atoms with Crippen molar-refractivity contribution in [1.82, 2.24) is 0 Å². The first kappa shape index (κ1) is 55.9. The average Bonchev–Trinajstić information content (AvgIpc) is 3.17. The summed E-state index contributed by atoms with van der Waals surface area (Å²) in [5, 5.41) is 9.28. The number of ether oxygens (including phenoxy) is 2. The number of allylic oxidation sites excluding steroid dienone is 16. The van der Waals surface area contributed by atoms with Crippen LogP contribution in [0.15, 0.2) is 97.2 Å². The molecule has 1 unspecified atom stereocenters. The van der Waals surface area contributed by atoms with Crippen molar-refractivity contribution in [3.05, 3.63) is 97.2 Å². The van der Waals surface area contributed by atoms with Crippen LogP contribution in [0.25, 0.3) is 0 Å². The average molecular weight is 847 g/mol. The summed E-state index contributed by atoms with van der Waals surface area (Å²) in [7, 11) is 1.39. The smallest absolute Gasteiger partial charge is 0.462 e. The van der Waals surface area contributed by atoms with E-state index in [1.165, 1.54) is 0 Å². The Morgan fingerprint density at radius 3 is 1.56 bits per heavy atom. The first-order valence-corrected chi connectivity index (χ1v) is 23.5. The van der Waals surface area contributed by atoms with Crippen LogP contribution in [0.3, 0.4) is 0 Å². The number of quaternary nitrogens is 1. The summed E-state index contributed by atoms with van der Waals surface area (Å²) in [6.45, 7) is 3.72. The van der Waals surface area contributed by atoms with Crippen LogP contribution in [0, 0.1) is 0 Å². The van der Waals surface area contributed by atoms with E-state index in [2.05, 4.69) is 98.1 Å². The second kappa shape index (κ2) is 39.1. The molecule has 0 saturated heterocycles. The van der Waals surface area contributed by atoms with Crippen LogP contribution >= 0.6 is 7.82 Å². The number of phosphoric ester groups is 1. The number of carbonyl (C=O) groups excluding carboxylic acids is 2. The van der Waals surface area contributed by atoms with Crippen molar-refractivity contribution in [2.24, 2.45) is 0 Å². The Hall–Kier alpha value is -3.11. The maximum Gasteiger partial charge on any atom is 0.472 e. The van der Waals surface area contributed by atoms with Gasteiger partial charge in [-0.3, -0.25) is 18.6 Å². The van der Waals surface area contributed by atoms with E-state index in [0.29, 0.717) is 23.9 Å². The zero-order valence-electron chi connectivity index (χ0n) is 37.3. The molecule has 0 fully saturated rings. The molecule has 0 bridgehead atoms. The monoisotopic (exact) mass is 847 g/mol. The van der Waals surface area contributed by atoms with Gasteiger partial charge in [0.2, 0.25) is 0 Å². The molecule has 0 amide bonds. The van der Waals surface area contributed by atoms with E-state index in [0.717, 1.165) is 96.3 Å². The molecule has 0 aromatic carbocycles. The molecule has 0 aliphatic rings. The number of carbonyl (C=O) groups is 2. The summed E-state index contributed by atoms with van der Waals surface area (Å²) < 4.78 is 34.2. The van der Waals surface area contributed by atoms with Crippen LogP contribution in [-0.2, 0) is 32.7 Å². The molecule has 0 heterocycles. The molecule has 0 aliphatic carbocycles. The third-order valence-electron chi connectivity index (χ3n) is 8.62. The van der Waals surface area contributed by atoms with Gasteiger partial charge >= 0.3 is 19.8 Å². The molecule has 11 heteroatoms. The number of aliphatic hydroxyl groups is 1. The number of hydrogen-bond acceptors (Lipinski definition) is 8. The standard InChI is InChI=1S/C48H80NO9P/c1-6-7-8-9-10-11-12-13-14-15-18-22-25-28-31-34-37-40-48(52)58-46(44-57-59(53,54)56-42-41-49(3,4)5)43-55-47(51)39-36-33-30-27-24-21-19-16-17-20-23-26-29-32-35-38-45(2)50/h7-8,10-11,13-14,17-22,26-27,29-30,45-46,50H,6,9,12,15-16,23-25,28,31-44H2,1-5H3/p+1/b8-7-,11-10-,14-13-,20-17-,21-19-,22-18-,29-26-,30-27-/t45-,46-/m1/s1. The topological polar surface area (TPSA) is 129 Å². The quantitative estimate of drug-likeness (QED) is 0.0205. The number of likely N-dealkylation sites (N-methyl/N-ethyl adjacent to an activating group) is 1. The van der Waals surface area contributed by atoms with Gasteiger partial charge in [0, 0.05) is 12.8 Å². The maximum absolute atomic E-state index is 12.7. The lowest BCUT2D eigenvalue weighted by Crippen LogP contribution is -2.37. The molecule has 0 aliphatic heterocycles. The summed E-state index contributed by atoms with van der Waals surface area (Å²) in [4.78, 5) is 35.4. The van der Waals surface area contributed by atoms with E-state index >= 15 is 0 Å². The summed E-state index contributed by atoms with van der Waals surface area (Å²) in [6.07, 6.45) is 48.8. The molecule has 0 spiro atoms. The molecule has 336 valence electrons. The number of unbranched alkanes of at least 4 members (excludes halogenated alkanes) is 6. The number of phosphoric acid groups is 1. The van der Waals surface area contributed by atoms with Crippen molar-refractivity contribution in [2.75, 3.05) is 47.5 Å². The number of nitrogens with zero attached hydrogens (tertiary/aromatic N) is 1. The van der Waals surface area contributed by atoms with Crippen LogP contribution in [-0.4, -0.2) is 86.1 Å². The molecule has 0 saturated carbocycles. The summed E-state index contributed by atoms with van der Waals surface area (Å²) in [6, 6.07) is 0. The van der Waals surface area contributed by atoms with E-state index < -0.39 is 32.5 Å². The highest BCUT2D eigenvalue weighted by molar-refractivity contribution is 7.47. The summed E-state index contributed by atoms with van der Waals surface area (Å²) >= 11 is 0. The Bertz CT molecular complexity index is 1340. The predicted octanol–water partition coefficient (Wildman–Crippen LogP) is 11.5. The molecule has 10 nitrogen and oxygen atoms in total. The molecule has 0 aromatic heterocycles. The first-order valence-electron chi connectivity index (χ1n) is 22.0. The van der Waals surface area contributed by atoms with Crippen LogP contribution < -0.4 is 0 Å². The number of esters is 2. The number of rotatable bonds is 38. The lowest BCUT2D eigenvalue weighted by atomic mass is 10.1. The van der Waals surface area contributed by atoms with Gasteiger partial charge in [-0.05, 0) is 103 Å². The highest BCUT2D eigenvalue weighted by Crippen LogP contribution is 2.43. The van der Waals surface area contributed by atoms with E-state index in [9.17, 15) is 24.2 Å². The minimum absolute atomic E-state index is 0.00683. The zero-order valence-corrected chi connectivity index (χ0v) is 38.2. The van der Waals surface area contributed by atoms with Gasteiger partial charge in [0.15, 0.2) is 6.10 Å². The van der Waals surface area contributed by atoms with Crippen molar-refractivity contribution < 1.29 is 47.2 Å². The minimum Gasteiger partial charge on any atom is -0.462 e. The fraction of sp³-hybridized carbons (Fsp3) is 0.625. The summed E-state index contributed by atoms with van der Waals surface area (Å²) in [5.41, 5.74) is 0. The molecular weight excluding hydrogens is 766 g/mol. The van der Waals surface area contributed by atoms with Gasteiger partial charge in [-0.2, -0.15) is 0 Å². The highest BCUT2D eigenvalue weighted by atomic mass is 31.2. The van der Waals surface area contributed by atoms with Crippen molar-refractivity contribution in [3.63, 3.8) is 0 Å². The van der Waals surface area contributed by atoms with Gasteiger partial charge in [-0.1, -0.05) is 117 Å². The highest BCUT2D eigenvalue weighted by Gasteiger charge is 2.27. The fourth-order valence-electron chi connectivity index (χ4n) is 5.19. The summed E-state index contributed by atoms with van der Waals surface area (Å²) in [5.74, 6) is -0.920. The van der Waals surface area contributed by atoms with Gasteiger partial charge < -0.3 is 24.0 Å². The van der Waals surface area contributed by atoms with Crippen LogP contribution in [0.1, 0.15) is 136 Å². The number of hydrogen-bond donors (Lipinski definition) is 2. The van der Waals surface area contributed by atoms with Crippen LogP contribution in [0.5, 0.6) is 0 Å². The van der Waals surface area contributed by atoms with E-state index in [4.69, 9.17) is 18.5 Å². The zero-order chi connectivity index (χ0) is 43.7. The largest absolute Gasteiger partial charge is 0.472 e. The van der Waals surface area contributed by atoms with Crippen molar-refractivity contribution >= 4 is 19.8 Å². The normalized spacial score (nSPS) is 15.0. The van der Waals surface area contributed by atoms with Crippen LogP contribution in [0.4, 0.5) is 0 Å². The van der Waals surface area contributed by atoms with Gasteiger partial charge in [-0.25, -0.2) is 4.57 Å². The molecule has 0 aromatic rings. The molecule has 2 N–H and O–H groups in total. The van der Waals surface area contributed by atoms with Gasteiger partial charge in [-0.15, -0.1) is 0 Å². The van der Waals surface area contributed by atoms with Crippen molar-refractivity contribution in [2.45, 2.75) is 148 Å². The Kier molecular flexibility index (Phi) is 37.0. The lowest BCUT2D eigenvalue weighted by Gasteiger charge is -2.24. The van der Waals surface area contributed by atoms with Gasteiger partial charge in [0.05, 0.1) is 33.9 Å². The second-order valence-electron chi connectivity index (χ2n) is 15.6. The number of aliphatic hydroxyl groups excluding tert-OH is 1. The SMILES string of the molecule is CC/C=C\C/C=C\C/C=C\C/C=C\CCCCCCC(=O)O[C@H](COC(=O)CCC/C=C\C/C=C\C/C=C\C/C=C\CCC[C@@H](C)O)COP(=O)(O)OCC[N+](C)(C)C. The molecule has 0 radical (unpaired) electrons. The van der Waals surface area contributed by atoms with E-state index in [1.807, 2.05) is 34.1 Å². The van der Waals surface area contributed by atoms with Gasteiger partial charge in [0.1, 0.15) is 19.8 Å². The third kappa shape index (κ3) is 44.3. The van der Waals surface area contributed by atoms with Gasteiger partial charge in [0.25, 0.3) is 0 Å². The van der Waals surface area contributed by atoms with Crippen molar-refractivity contribution in [1.29, 1.82) is 0 Å². The van der Waals surface area contributed by atoms with Crippen molar-refractivity contribution in [3.8, 4) is 0 Å². The molecule has 3 atom stereocenters. The minimum atomic E-state index is -4.41. The Balaban J connectivity index is 4.52. The van der Waals surface area contributed by atoms with Crippen LogP contribution in [0.2, 0.25) is 0 Å². The molecular formula is C48H81NO9P+. The lowest BCUT2D eigenvalue weighted by molar-refractivity contribution is -0.870. The Morgan fingerprint density at radius 2 is 1.05 bits per heavy atom. The Morgan fingerprint density at radius 1 is 0.593 bits per heavy atom. The maximum atomic E-state index is 12.7. The first-order chi connectivity index (χ1) is 28.3. The Labute approximate surface area is 358 Å². The third-order valence-corrected chi connectivity index (χ3v) is 9.60. The predicted molar refractivity (Wildman–Crippen MR) is 244 cm³/mol. The fourth-order valence-corrected chi connectivity index (χ4v) is 5.93. The second-order valence-corrected chi connectivity index (χ2v) is 17.1.